The van der Waals surface area contributed by atoms with Gasteiger partial charge >= 0.3 is 0 Å². The molecule has 0 aliphatic heterocycles. The van der Waals surface area contributed by atoms with Gasteiger partial charge in [-0.15, -0.1) is 0 Å². The van der Waals surface area contributed by atoms with Gasteiger partial charge < -0.3 is 5.73 Å². The van der Waals surface area contributed by atoms with E-state index in [4.69, 9.17) is 5.73 Å². The molecular weight excluding hydrogens is 206 g/mol. The van der Waals surface area contributed by atoms with Crippen molar-refractivity contribution < 1.29 is 4.21 Å². The first-order chi connectivity index (χ1) is 7.11. The number of hydrogen-bond donors (Lipinski definition) is 1. The summed E-state index contributed by atoms with van der Waals surface area (Å²) in [6.07, 6.45) is 6.91. The first-order valence-corrected chi connectivity index (χ1v) is 7.62. The van der Waals surface area contributed by atoms with Crippen molar-refractivity contribution in [3.63, 3.8) is 0 Å². The average Bonchev–Trinajstić information content (AvgIpc) is 2.39. The average molecular weight is 231 g/mol. The lowest BCUT2D eigenvalue weighted by Gasteiger charge is -2.21. The summed E-state index contributed by atoms with van der Waals surface area (Å²) in [5.41, 5.74) is 6.09. The highest BCUT2D eigenvalue weighted by molar-refractivity contribution is 7.85. The maximum absolute atomic E-state index is 12.1. The van der Waals surface area contributed by atoms with Crippen LogP contribution in [0.2, 0.25) is 0 Å². The maximum Gasteiger partial charge on any atom is 0.0499 e. The predicted molar refractivity (Wildman–Crippen MR) is 67.3 cm³/mol. The first kappa shape index (κ1) is 13.2. The zero-order valence-electron chi connectivity index (χ0n) is 10.1. The third-order valence-corrected chi connectivity index (χ3v) is 5.14. The number of rotatable bonds is 4. The fraction of sp³-hybridized carbons (Fsp3) is 1.00. The highest BCUT2D eigenvalue weighted by Crippen LogP contribution is 2.21. The molecule has 0 bridgehead atoms. The highest BCUT2D eigenvalue weighted by atomic mass is 32.2. The van der Waals surface area contributed by atoms with Gasteiger partial charge in [0.25, 0.3) is 0 Å². The molecule has 1 rings (SSSR count). The first-order valence-electron chi connectivity index (χ1n) is 6.24. The van der Waals surface area contributed by atoms with Crippen LogP contribution in [0.1, 0.15) is 52.4 Å². The topological polar surface area (TPSA) is 43.1 Å². The molecule has 2 N–H and O–H groups in total. The van der Waals surface area contributed by atoms with Crippen LogP contribution in [0.4, 0.5) is 0 Å². The fourth-order valence-corrected chi connectivity index (χ4v) is 4.09. The number of hydrogen-bond acceptors (Lipinski definition) is 2. The van der Waals surface area contributed by atoms with Crippen LogP contribution in [0.5, 0.6) is 0 Å². The van der Waals surface area contributed by atoms with E-state index in [1.165, 1.54) is 19.3 Å². The van der Waals surface area contributed by atoms with Crippen LogP contribution in [0.3, 0.4) is 0 Å². The largest absolute Gasteiger partial charge is 0.327 e. The second-order valence-corrected chi connectivity index (χ2v) is 6.88. The molecule has 1 aliphatic carbocycles. The summed E-state index contributed by atoms with van der Waals surface area (Å²) in [5, 5.41) is 0.270. The van der Waals surface area contributed by atoms with Crippen LogP contribution in [0.25, 0.3) is 0 Å². The van der Waals surface area contributed by atoms with Crippen LogP contribution in [0, 0.1) is 5.92 Å². The van der Waals surface area contributed by atoms with Gasteiger partial charge in [-0.25, -0.2) is 0 Å². The second-order valence-electron chi connectivity index (χ2n) is 5.11. The molecule has 1 fully saturated rings. The van der Waals surface area contributed by atoms with Gasteiger partial charge in [-0.2, -0.15) is 0 Å². The lowest BCUT2D eigenvalue weighted by Crippen LogP contribution is -2.37. The Hall–Kier alpha value is 0.110. The Bertz CT molecular complexity index is 206. The Morgan fingerprint density at radius 2 is 1.93 bits per heavy atom. The normalized spacial score (nSPS) is 30.1. The minimum Gasteiger partial charge on any atom is -0.327 e. The van der Waals surface area contributed by atoms with E-state index in [9.17, 15) is 4.21 Å². The molecule has 0 radical (unpaired) electrons. The summed E-state index contributed by atoms with van der Waals surface area (Å²) < 4.78 is 12.1. The summed E-state index contributed by atoms with van der Waals surface area (Å²) in [4.78, 5) is 0. The molecule has 0 spiro atoms. The highest BCUT2D eigenvalue weighted by Gasteiger charge is 2.25. The predicted octanol–water partition coefficient (Wildman–Crippen LogP) is 2.44. The van der Waals surface area contributed by atoms with Crippen molar-refractivity contribution in [1.82, 2.24) is 0 Å². The molecule has 3 atom stereocenters. The molecule has 1 aliphatic rings. The Morgan fingerprint density at radius 1 is 1.27 bits per heavy atom. The molecule has 1 saturated carbocycles. The molecule has 0 aromatic carbocycles. The van der Waals surface area contributed by atoms with Crippen LogP contribution in [-0.2, 0) is 10.8 Å². The quantitative estimate of drug-likeness (QED) is 0.755. The van der Waals surface area contributed by atoms with E-state index >= 15 is 0 Å². The Balaban J connectivity index is 2.41. The molecule has 0 heterocycles. The maximum atomic E-state index is 12.1. The van der Waals surface area contributed by atoms with Crippen molar-refractivity contribution in [1.29, 1.82) is 0 Å². The van der Waals surface area contributed by atoms with Crippen LogP contribution in [-0.4, -0.2) is 21.3 Å². The van der Waals surface area contributed by atoms with Crippen LogP contribution >= 0.6 is 0 Å². The van der Waals surface area contributed by atoms with Crippen molar-refractivity contribution in [3.8, 4) is 0 Å². The third kappa shape index (κ3) is 4.64. The van der Waals surface area contributed by atoms with Gasteiger partial charge in [0.2, 0.25) is 0 Å². The van der Waals surface area contributed by atoms with Gasteiger partial charge in [0.15, 0.2) is 0 Å². The van der Waals surface area contributed by atoms with Gasteiger partial charge in [0.05, 0.1) is 0 Å². The SMILES string of the molecule is CC(C)CCS(=O)C1CCCCCC1N. The molecule has 0 saturated heterocycles. The molecule has 90 valence electrons. The van der Waals surface area contributed by atoms with E-state index < -0.39 is 10.8 Å². The molecule has 3 unspecified atom stereocenters. The lowest BCUT2D eigenvalue weighted by atomic mass is 10.1. The summed E-state index contributed by atoms with van der Waals surface area (Å²) in [7, 11) is -0.693. The van der Waals surface area contributed by atoms with Gasteiger partial charge in [-0.05, 0) is 25.2 Å². The Kier molecular flexibility index (Phi) is 5.83. The van der Waals surface area contributed by atoms with Crippen molar-refractivity contribution in [2.75, 3.05) is 5.75 Å². The zero-order chi connectivity index (χ0) is 11.3. The molecule has 2 nitrogen and oxygen atoms in total. The molecule has 15 heavy (non-hydrogen) atoms. The monoisotopic (exact) mass is 231 g/mol. The van der Waals surface area contributed by atoms with Gasteiger partial charge in [0.1, 0.15) is 0 Å². The Labute approximate surface area is 96.5 Å². The van der Waals surface area contributed by atoms with Gasteiger partial charge in [-0.1, -0.05) is 33.1 Å². The van der Waals surface area contributed by atoms with E-state index in [-0.39, 0.29) is 11.3 Å². The molecule has 0 aromatic rings. The molecular formula is C12H25NOS. The summed E-state index contributed by atoms with van der Waals surface area (Å²) >= 11 is 0. The van der Waals surface area contributed by atoms with Crippen molar-refractivity contribution in [3.05, 3.63) is 0 Å². The van der Waals surface area contributed by atoms with Gasteiger partial charge in [-0.3, -0.25) is 4.21 Å². The third-order valence-electron chi connectivity index (χ3n) is 3.24. The molecule has 3 heteroatoms. The molecule has 0 aromatic heterocycles. The van der Waals surface area contributed by atoms with Crippen molar-refractivity contribution in [2.45, 2.75) is 63.7 Å². The van der Waals surface area contributed by atoms with Crippen molar-refractivity contribution in [2.24, 2.45) is 11.7 Å². The minimum absolute atomic E-state index is 0.181. The summed E-state index contributed by atoms with van der Waals surface area (Å²) in [5.74, 6) is 1.49. The summed E-state index contributed by atoms with van der Waals surface area (Å²) in [6.45, 7) is 4.37. The summed E-state index contributed by atoms with van der Waals surface area (Å²) in [6, 6.07) is 0.181. The second kappa shape index (κ2) is 6.64. The standard InChI is InChI=1S/C12H25NOS/c1-10(2)8-9-15(14)12-7-5-3-4-6-11(12)13/h10-12H,3-9,13H2,1-2H3. The number of nitrogens with two attached hydrogens (primary N) is 1. The van der Waals surface area contributed by atoms with Crippen LogP contribution < -0.4 is 5.73 Å². The Morgan fingerprint density at radius 3 is 2.60 bits per heavy atom. The lowest BCUT2D eigenvalue weighted by molar-refractivity contribution is 0.567. The smallest absolute Gasteiger partial charge is 0.0499 e. The van der Waals surface area contributed by atoms with E-state index in [1.807, 2.05) is 0 Å². The van der Waals surface area contributed by atoms with E-state index in [2.05, 4.69) is 13.8 Å². The van der Waals surface area contributed by atoms with E-state index in [1.54, 1.807) is 0 Å². The zero-order valence-corrected chi connectivity index (χ0v) is 10.9. The van der Waals surface area contributed by atoms with Crippen LogP contribution in [0.15, 0.2) is 0 Å². The van der Waals surface area contributed by atoms with E-state index in [0.29, 0.717) is 5.92 Å². The molecule has 0 amide bonds. The van der Waals surface area contributed by atoms with E-state index in [0.717, 1.165) is 25.0 Å². The van der Waals surface area contributed by atoms with Crippen molar-refractivity contribution >= 4 is 10.8 Å². The van der Waals surface area contributed by atoms with Gasteiger partial charge in [0, 0.05) is 27.8 Å². The fourth-order valence-electron chi connectivity index (χ4n) is 2.13. The minimum atomic E-state index is -0.693.